The molecule has 18 heteroatoms. The van der Waals surface area contributed by atoms with Gasteiger partial charge in [0.1, 0.15) is 35.0 Å². The molecule has 0 aliphatic carbocycles. The molecule has 1 aromatic carbocycles. The average Bonchev–Trinajstić information content (AvgIpc) is 3.29. The summed E-state index contributed by atoms with van der Waals surface area (Å²) in [6.45, 7) is 27.3. The number of benzene rings is 1. The molecule has 0 amide bonds. The van der Waals surface area contributed by atoms with Crippen molar-refractivity contribution in [2.45, 2.75) is 183 Å². The number of carbonyl (C=O) groups excluding carboxylic acids is 6. The molecular weight excluding hydrogens is 962 g/mol. The third kappa shape index (κ3) is 15.3. The van der Waals surface area contributed by atoms with Gasteiger partial charge in [-0.3, -0.25) is 38.9 Å². The Balaban J connectivity index is 3.11. The Bertz CT molecular complexity index is 1930. The topological polar surface area (TPSA) is 219 Å². The Morgan fingerprint density at radius 1 is 0.725 bits per heavy atom. The second-order valence-corrected chi connectivity index (χ2v) is 21.7. The summed E-state index contributed by atoms with van der Waals surface area (Å²) in [5, 5.41) is 12.0. The van der Waals surface area contributed by atoms with Crippen molar-refractivity contribution in [1.29, 1.82) is 0 Å². The lowest BCUT2D eigenvalue weighted by Gasteiger charge is -2.61. The minimum atomic E-state index is -1.56. The smallest absolute Gasteiger partial charge is 0.322 e. The van der Waals surface area contributed by atoms with Crippen molar-refractivity contribution in [3.8, 4) is 5.75 Å². The normalized spacial score (nSPS) is 16.2. The Morgan fingerprint density at radius 2 is 1.29 bits per heavy atom. The Hall–Kier alpha value is -4.00. The van der Waals surface area contributed by atoms with E-state index in [0.717, 1.165) is 18.9 Å². The highest BCUT2D eigenvalue weighted by molar-refractivity contribution is 9.10. The van der Waals surface area contributed by atoms with E-state index < -0.39 is 91.2 Å². The molecule has 0 N–H and O–H groups in total. The number of nitro groups is 1. The number of ether oxygens (including phenoxy) is 8. The van der Waals surface area contributed by atoms with Gasteiger partial charge in [-0.25, -0.2) is 0 Å². The minimum absolute atomic E-state index is 0.0485. The number of unbranched alkanes of at least 4 members (excludes halogenated alkanes) is 2. The molecule has 0 saturated heterocycles. The first-order chi connectivity index (χ1) is 31.8. The fourth-order valence-electron chi connectivity index (χ4n) is 8.54. The molecule has 0 aliphatic heterocycles. The van der Waals surface area contributed by atoms with Gasteiger partial charge in [0.2, 0.25) is 0 Å². The van der Waals surface area contributed by atoms with Gasteiger partial charge in [-0.05, 0) is 111 Å². The van der Waals surface area contributed by atoms with Crippen molar-refractivity contribution in [2.75, 3.05) is 40.6 Å². The molecule has 0 fully saturated rings. The van der Waals surface area contributed by atoms with Crippen molar-refractivity contribution in [1.82, 2.24) is 0 Å². The first-order valence-electron chi connectivity index (χ1n) is 23.9. The number of methoxy groups -OCH3 is 2. The summed E-state index contributed by atoms with van der Waals surface area (Å²) >= 11 is 3.59. The van der Waals surface area contributed by atoms with Crippen LogP contribution >= 0.6 is 15.9 Å². The monoisotopic (exact) mass is 1040 g/mol. The van der Waals surface area contributed by atoms with Crippen molar-refractivity contribution >= 4 is 57.2 Å². The Morgan fingerprint density at radius 3 is 1.80 bits per heavy atom. The molecule has 1 rings (SSSR count). The maximum Gasteiger partial charge on any atom is 0.322 e. The number of nitrogens with zero attached hydrogens (tertiary/aromatic N) is 1. The fourth-order valence-corrected chi connectivity index (χ4v) is 9.38. The molecule has 1 aromatic rings. The quantitative estimate of drug-likeness (QED) is 0.0125. The van der Waals surface area contributed by atoms with Crippen LogP contribution in [-0.2, 0) is 68.5 Å². The number of rotatable bonds is 32. The Labute approximate surface area is 418 Å². The van der Waals surface area contributed by atoms with Crippen LogP contribution in [0.1, 0.15) is 161 Å². The fraction of sp³-hybridized carbons (Fsp3) is 0.765. The molecule has 0 spiro atoms. The van der Waals surface area contributed by atoms with Gasteiger partial charge in [-0.1, -0.05) is 63.9 Å². The van der Waals surface area contributed by atoms with Gasteiger partial charge in [0.05, 0.1) is 60.6 Å². The molecule has 17 nitrogen and oxygen atoms in total. The number of alkyl halides is 1. The van der Waals surface area contributed by atoms with E-state index in [4.69, 9.17) is 37.9 Å². The lowest BCUT2D eigenvalue weighted by Crippen LogP contribution is -2.67. The highest BCUT2D eigenvalue weighted by atomic mass is 79.9. The number of Topliss-reactive ketones (excluding diaryl/α,β-unsaturated/α-hetero) is 1. The predicted octanol–water partition coefficient (Wildman–Crippen LogP) is 10.0. The second-order valence-electron chi connectivity index (χ2n) is 20.1. The molecule has 69 heavy (non-hydrogen) atoms. The van der Waals surface area contributed by atoms with E-state index in [9.17, 15) is 38.9 Å². The van der Waals surface area contributed by atoms with Crippen LogP contribution < -0.4 is 4.74 Å². The number of halogens is 1. The van der Waals surface area contributed by atoms with Crippen molar-refractivity contribution in [3.05, 3.63) is 33.9 Å². The molecule has 5 atom stereocenters. The standard InChI is InChI=1S/C51H82BrNO16/c1-18-48(12,50(14,43(58)62-16)49(13,19-2)51(15,52)44(59)63-17)45(6,7)42(57)68-36-25-26-38(53(60)61)35(30-36)31-65-40(55)27-28-41(56)66-33-37(32-64-20-3)69-47(10,11)39(54)24-22-21-23-29-67-46(8,9)34(4)5/h25-26,30,34,37H,18-24,27-29,31-33H2,1-17H3. The van der Waals surface area contributed by atoms with E-state index in [2.05, 4.69) is 43.6 Å². The maximum atomic E-state index is 14.4. The van der Waals surface area contributed by atoms with Crippen LogP contribution in [0.4, 0.5) is 5.69 Å². The zero-order valence-corrected chi connectivity index (χ0v) is 46.0. The van der Waals surface area contributed by atoms with Gasteiger partial charge in [0.25, 0.3) is 5.69 Å². The van der Waals surface area contributed by atoms with Crippen LogP contribution in [0.25, 0.3) is 0 Å². The molecule has 5 unspecified atom stereocenters. The van der Waals surface area contributed by atoms with E-state index in [0.29, 0.717) is 32.0 Å². The summed E-state index contributed by atoms with van der Waals surface area (Å²) in [4.78, 5) is 91.9. The van der Waals surface area contributed by atoms with Crippen LogP contribution in [0.15, 0.2) is 18.2 Å². The summed E-state index contributed by atoms with van der Waals surface area (Å²) in [6.07, 6.45) is 1.51. The first kappa shape index (κ1) is 63.0. The zero-order valence-electron chi connectivity index (χ0n) is 44.4. The highest BCUT2D eigenvalue weighted by Gasteiger charge is 2.72. The van der Waals surface area contributed by atoms with Gasteiger partial charge >= 0.3 is 29.8 Å². The zero-order chi connectivity index (χ0) is 53.4. The molecular formula is C51H82BrNO16. The molecule has 0 bridgehead atoms. The van der Waals surface area contributed by atoms with Crippen molar-refractivity contribution < 1.29 is 71.6 Å². The van der Waals surface area contributed by atoms with E-state index >= 15 is 0 Å². The Kier molecular flexibility index (Phi) is 24.2. The first-order valence-corrected chi connectivity index (χ1v) is 24.7. The van der Waals surface area contributed by atoms with Gasteiger partial charge < -0.3 is 37.9 Å². The molecule has 0 heterocycles. The van der Waals surface area contributed by atoms with Gasteiger partial charge in [-0.15, -0.1) is 0 Å². The predicted molar refractivity (Wildman–Crippen MR) is 263 cm³/mol. The summed E-state index contributed by atoms with van der Waals surface area (Å²) < 4.78 is 43.4. The van der Waals surface area contributed by atoms with Gasteiger partial charge in [-0.2, -0.15) is 0 Å². The van der Waals surface area contributed by atoms with E-state index in [1.54, 1.807) is 62.3 Å². The third-order valence-electron chi connectivity index (χ3n) is 15.1. The summed E-state index contributed by atoms with van der Waals surface area (Å²) in [5.41, 5.74) is -7.51. The number of hydrogen-bond acceptors (Lipinski definition) is 16. The lowest BCUT2D eigenvalue weighted by molar-refractivity contribution is -0.385. The van der Waals surface area contributed by atoms with Crippen LogP contribution in [0, 0.1) is 37.7 Å². The van der Waals surface area contributed by atoms with E-state index in [1.807, 2.05) is 13.8 Å². The molecule has 0 saturated carbocycles. The van der Waals surface area contributed by atoms with Crippen molar-refractivity contribution in [3.63, 3.8) is 0 Å². The minimum Gasteiger partial charge on any atom is -0.469 e. The molecule has 0 aliphatic rings. The van der Waals surface area contributed by atoms with Crippen molar-refractivity contribution in [2.24, 2.45) is 27.6 Å². The lowest BCUT2D eigenvalue weighted by atomic mass is 9.41. The summed E-state index contributed by atoms with van der Waals surface area (Å²) in [6, 6.07) is 3.54. The summed E-state index contributed by atoms with van der Waals surface area (Å²) in [7, 11) is 2.48. The molecule has 394 valence electrons. The van der Waals surface area contributed by atoms with Gasteiger partial charge in [0, 0.05) is 31.1 Å². The van der Waals surface area contributed by atoms with Crippen LogP contribution in [0.5, 0.6) is 5.75 Å². The number of ketones is 1. The van der Waals surface area contributed by atoms with Gasteiger partial charge in [0.15, 0.2) is 5.78 Å². The van der Waals surface area contributed by atoms with E-state index in [1.165, 1.54) is 26.4 Å². The van der Waals surface area contributed by atoms with Crippen LogP contribution in [0.2, 0.25) is 0 Å². The highest BCUT2D eigenvalue weighted by Crippen LogP contribution is 2.67. The van der Waals surface area contributed by atoms with E-state index in [-0.39, 0.29) is 55.2 Å². The average molecular weight is 1050 g/mol. The maximum absolute atomic E-state index is 14.4. The van der Waals surface area contributed by atoms with Crippen LogP contribution in [0.3, 0.4) is 0 Å². The molecule has 0 aromatic heterocycles. The largest absolute Gasteiger partial charge is 0.469 e. The number of carbonyl (C=O) groups is 6. The SMILES string of the molecule is CCOCC(COC(=O)CCC(=O)OCc1cc(OC(=O)C(C)(C)C(C)(CC)C(C)(C(=O)OC)C(C)(CC)C(C)(Br)C(=O)OC)ccc1[N+](=O)[O-])OC(C)(C)C(=O)CCCCCOC(C)(C)C(C)C. The number of nitro benzene ring substituents is 1. The molecule has 0 radical (unpaired) electrons. The third-order valence-corrected chi connectivity index (χ3v) is 16.3. The number of hydrogen-bond donors (Lipinski definition) is 0. The number of esters is 5. The second kappa shape index (κ2) is 26.4. The summed E-state index contributed by atoms with van der Waals surface area (Å²) in [5.74, 6) is -3.55. The van der Waals surface area contributed by atoms with Crippen LogP contribution in [-0.4, -0.2) is 103 Å².